The third-order valence-electron chi connectivity index (χ3n) is 4.09. The average Bonchev–Trinajstić information content (AvgIpc) is 2.61. The lowest BCUT2D eigenvalue weighted by Crippen LogP contribution is -2.34. The largest absolute Gasteiger partial charge is 0.481 e. The number of carbonyl (C=O) groups excluding carboxylic acids is 2. The minimum absolute atomic E-state index is 0.0647. The molecule has 2 aromatic carbocycles. The number of benzene rings is 2. The quantitative estimate of drug-likeness (QED) is 0.792. The van der Waals surface area contributed by atoms with Gasteiger partial charge in [-0.2, -0.15) is 0 Å². The van der Waals surface area contributed by atoms with Crippen LogP contribution in [-0.4, -0.2) is 24.0 Å². The van der Waals surface area contributed by atoms with Crippen LogP contribution < -0.4 is 15.4 Å². The number of para-hydroxylation sites is 1. The molecule has 138 valence electrons. The highest BCUT2D eigenvalue weighted by Crippen LogP contribution is 2.18. The van der Waals surface area contributed by atoms with Crippen molar-refractivity contribution in [1.29, 1.82) is 0 Å². The summed E-state index contributed by atoms with van der Waals surface area (Å²) in [4.78, 5) is 24.9. The third kappa shape index (κ3) is 5.34. The van der Waals surface area contributed by atoms with E-state index in [1.54, 1.807) is 31.2 Å². The van der Waals surface area contributed by atoms with Gasteiger partial charge in [0.05, 0.1) is 11.3 Å². The molecule has 0 saturated heterocycles. The summed E-state index contributed by atoms with van der Waals surface area (Å²) in [5.41, 5.74) is 1.96. The Kier molecular flexibility index (Phi) is 6.78. The summed E-state index contributed by atoms with van der Waals surface area (Å²) >= 11 is 0. The Labute approximate surface area is 154 Å². The van der Waals surface area contributed by atoms with E-state index in [1.807, 2.05) is 45.0 Å². The molecule has 2 N–H and O–H groups in total. The molecule has 2 atom stereocenters. The molecule has 0 radical (unpaired) electrons. The molecule has 2 aromatic rings. The van der Waals surface area contributed by atoms with Crippen LogP contribution in [0.1, 0.15) is 43.1 Å². The number of rotatable bonds is 7. The van der Waals surface area contributed by atoms with Crippen LogP contribution in [0.4, 0.5) is 5.69 Å². The Bertz CT molecular complexity index is 773. The minimum atomic E-state index is -0.692. The molecule has 0 saturated carbocycles. The normalized spacial score (nSPS) is 12.8. The van der Waals surface area contributed by atoms with Gasteiger partial charge in [-0.05, 0) is 57.0 Å². The van der Waals surface area contributed by atoms with Crippen LogP contribution in [0, 0.1) is 6.92 Å². The van der Waals surface area contributed by atoms with Crippen molar-refractivity contribution in [3.8, 4) is 5.75 Å². The van der Waals surface area contributed by atoms with Crippen molar-refractivity contribution >= 4 is 17.5 Å². The summed E-state index contributed by atoms with van der Waals surface area (Å²) in [7, 11) is 0. The van der Waals surface area contributed by atoms with E-state index >= 15 is 0 Å². The van der Waals surface area contributed by atoms with Crippen LogP contribution in [0.5, 0.6) is 5.75 Å². The molecule has 2 amide bonds. The van der Waals surface area contributed by atoms with Crippen LogP contribution in [0.2, 0.25) is 0 Å². The Morgan fingerprint density at radius 1 is 1.08 bits per heavy atom. The van der Waals surface area contributed by atoms with Gasteiger partial charge in [0.25, 0.3) is 11.8 Å². The van der Waals surface area contributed by atoms with E-state index in [0.29, 0.717) is 17.0 Å². The summed E-state index contributed by atoms with van der Waals surface area (Å²) in [6.07, 6.45) is 0.143. The van der Waals surface area contributed by atoms with Gasteiger partial charge in [0.1, 0.15) is 5.75 Å². The van der Waals surface area contributed by atoms with Crippen LogP contribution in [-0.2, 0) is 4.79 Å². The van der Waals surface area contributed by atoms with Gasteiger partial charge in [-0.25, -0.2) is 0 Å². The number of nitrogens with one attached hydrogen (secondary N) is 2. The van der Waals surface area contributed by atoms with Gasteiger partial charge in [0, 0.05) is 6.04 Å². The van der Waals surface area contributed by atoms with Crippen molar-refractivity contribution in [3.63, 3.8) is 0 Å². The molecule has 0 heterocycles. The number of carbonyl (C=O) groups is 2. The highest BCUT2D eigenvalue weighted by atomic mass is 16.5. The van der Waals surface area contributed by atoms with Gasteiger partial charge in [-0.3, -0.25) is 9.59 Å². The van der Waals surface area contributed by atoms with Gasteiger partial charge in [-0.15, -0.1) is 0 Å². The van der Waals surface area contributed by atoms with Crippen molar-refractivity contribution in [3.05, 3.63) is 59.7 Å². The van der Waals surface area contributed by atoms with Gasteiger partial charge < -0.3 is 15.4 Å². The second kappa shape index (κ2) is 9.04. The monoisotopic (exact) mass is 354 g/mol. The zero-order valence-electron chi connectivity index (χ0n) is 15.7. The number of ether oxygens (including phenoxy) is 1. The second-order valence-electron chi connectivity index (χ2n) is 6.39. The number of amides is 2. The van der Waals surface area contributed by atoms with Crippen molar-refractivity contribution in [2.24, 2.45) is 0 Å². The van der Waals surface area contributed by atoms with Crippen LogP contribution in [0.25, 0.3) is 0 Å². The van der Waals surface area contributed by atoms with E-state index in [0.717, 1.165) is 12.0 Å². The first kappa shape index (κ1) is 19.5. The highest BCUT2D eigenvalue weighted by molar-refractivity contribution is 6.04. The maximum Gasteiger partial charge on any atom is 0.265 e. The van der Waals surface area contributed by atoms with Crippen LogP contribution >= 0.6 is 0 Å². The van der Waals surface area contributed by atoms with E-state index in [-0.39, 0.29) is 17.9 Å². The van der Waals surface area contributed by atoms with Crippen molar-refractivity contribution < 1.29 is 14.3 Å². The molecular weight excluding hydrogens is 328 g/mol. The van der Waals surface area contributed by atoms with Gasteiger partial charge >= 0.3 is 0 Å². The molecule has 0 aliphatic rings. The maximum atomic E-state index is 12.5. The molecule has 0 spiro atoms. The van der Waals surface area contributed by atoms with Gasteiger partial charge in [0.2, 0.25) is 0 Å². The molecule has 0 aliphatic heterocycles. The molecule has 0 bridgehead atoms. The molecule has 0 aliphatic carbocycles. The first-order chi connectivity index (χ1) is 12.4. The van der Waals surface area contributed by atoms with E-state index < -0.39 is 6.10 Å². The zero-order chi connectivity index (χ0) is 19.1. The molecule has 0 unspecified atom stereocenters. The van der Waals surface area contributed by atoms with Crippen molar-refractivity contribution in [1.82, 2.24) is 5.32 Å². The topological polar surface area (TPSA) is 67.4 Å². The van der Waals surface area contributed by atoms with Crippen LogP contribution in [0.15, 0.2) is 48.5 Å². The minimum Gasteiger partial charge on any atom is -0.481 e. The summed E-state index contributed by atoms with van der Waals surface area (Å²) in [6, 6.07) is 14.5. The molecule has 26 heavy (non-hydrogen) atoms. The van der Waals surface area contributed by atoms with Crippen molar-refractivity contribution in [2.75, 3.05) is 5.32 Å². The lowest BCUT2D eigenvalue weighted by atomic mass is 10.1. The molecule has 5 heteroatoms. The Morgan fingerprint density at radius 2 is 1.81 bits per heavy atom. The smallest absolute Gasteiger partial charge is 0.265 e. The van der Waals surface area contributed by atoms with Gasteiger partial charge in [0.15, 0.2) is 6.10 Å². The van der Waals surface area contributed by atoms with E-state index in [4.69, 9.17) is 4.74 Å². The lowest BCUT2D eigenvalue weighted by Gasteiger charge is -2.17. The number of aryl methyl sites for hydroxylation is 1. The molecule has 0 aromatic heterocycles. The molecule has 2 rings (SSSR count). The first-order valence-corrected chi connectivity index (χ1v) is 8.84. The Hall–Kier alpha value is -2.82. The highest BCUT2D eigenvalue weighted by Gasteiger charge is 2.19. The predicted octanol–water partition coefficient (Wildman–Crippen LogP) is 3.93. The second-order valence-corrected chi connectivity index (χ2v) is 6.39. The summed E-state index contributed by atoms with van der Waals surface area (Å²) in [5, 5.41) is 5.71. The number of anilines is 1. The summed E-state index contributed by atoms with van der Waals surface area (Å²) in [5.74, 6) is 0.119. The SMILES string of the molecule is CC[C@@H](C)NC(=O)c1ccccc1NC(=O)[C@H](C)Oc1cccc(C)c1. The fraction of sp³-hybridized carbons (Fsp3) is 0.333. The number of hydrogen-bond acceptors (Lipinski definition) is 3. The molecule has 0 fully saturated rings. The number of hydrogen-bond donors (Lipinski definition) is 2. The fourth-order valence-electron chi connectivity index (χ4n) is 2.37. The Morgan fingerprint density at radius 3 is 2.50 bits per heavy atom. The standard InChI is InChI=1S/C21H26N2O3/c1-5-15(3)22-21(25)18-11-6-7-12-19(18)23-20(24)16(4)26-17-10-8-9-14(2)13-17/h6-13,15-16H,5H2,1-4H3,(H,22,25)(H,23,24)/t15-,16+/m1/s1. The lowest BCUT2D eigenvalue weighted by molar-refractivity contribution is -0.122. The Balaban J connectivity index is 2.07. The predicted molar refractivity (Wildman–Crippen MR) is 104 cm³/mol. The zero-order valence-corrected chi connectivity index (χ0v) is 15.7. The van der Waals surface area contributed by atoms with Crippen molar-refractivity contribution in [2.45, 2.75) is 46.3 Å². The third-order valence-corrected chi connectivity index (χ3v) is 4.09. The van der Waals surface area contributed by atoms with E-state index in [9.17, 15) is 9.59 Å². The summed E-state index contributed by atoms with van der Waals surface area (Å²) < 4.78 is 5.70. The van der Waals surface area contributed by atoms with E-state index in [2.05, 4.69) is 10.6 Å². The average molecular weight is 354 g/mol. The summed E-state index contributed by atoms with van der Waals surface area (Å²) in [6.45, 7) is 7.59. The van der Waals surface area contributed by atoms with E-state index in [1.165, 1.54) is 0 Å². The maximum absolute atomic E-state index is 12.5. The molecule has 5 nitrogen and oxygen atoms in total. The molecular formula is C21H26N2O3. The van der Waals surface area contributed by atoms with Gasteiger partial charge in [-0.1, -0.05) is 31.2 Å². The first-order valence-electron chi connectivity index (χ1n) is 8.84. The fourth-order valence-corrected chi connectivity index (χ4v) is 2.37. The van der Waals surface area contributed by atoms with Crippen LogP contribution in [0.3, 0.4) is 0 Å².